The van der Waals surface area contributed by atoms with Crippen molar-refractivity contribution in [2.45, 2.75) is 20.3 Å². The van der Waals surface area contributed by atoms with Gasteiger partial charge in [0.2, 0.25) is 0 Å². The summed E-state index contributed by atoms with van der Waals surface area (Å²) in [4.78, 5) is 9.49. The van der Waals surface area contributed by atoms with Crippen LogP contribution in [0.2, 0.25) is 0 Å². The summed E-state index contributed by atoms with van der Waals surface area (Å²) >= 11 is 0. The van der Waals surface area contributed by atoms with E-state index in [2.05, 4.69) is 6.58 Å². The fourth-order valence-corrected chi connectivity index (χ4v) is 0. The van der Waals surface area contributed by atoms with Crippen LogP contribution in [-0.4, -0.2) is 17.7 Å². The third-order valence-corrected chi connectivity index (χ3v) is 0.572. The minimum Gasteiger partial charge on any atom is -0.545 e. The number of hydrogen-bond acceptors (Lipinski definition) is 3. The van der Waals surface area contributed by atoms with Gasteiger partial charge in [0.25, 0.3) is 0 Å². The van der Waals surface area contributed by atoms with E-state index < -0.39 is 5.97 Å². The van der Waals surface area contributed by atoms with Crippen molar-refractivity contribution in [1.29, 1.82) is 0 Å². The summed E-state index contributed by atoms with van der Waals surface area (Å²) < 4.78 is 0. The monoisotopic (exact) mass is 152 g/mol. The Morgan fingerprint density at radius 3 is 1.82 bits per heavy atom. The molecule has 0 aliphatic rings. The summed E-state index contributed by atoms with van der Waals surface area (Å²) in [6, 6.07) is 0. The van der Waals surface area contributed by atoms with Gasteiger partial charge in [-0.1, -0.05) is 13.5 Å². The van der Waals surface area contributed by atoms with E-state index in [-0.39, 0.29) is 24.4 Å². The topological polar surface area (TPSA) is 60.4 Å². The first-order valence-electron chi connectivity index (χ1n) is 3.04. The Hall–Kier alpha value is -0.233. The van der Waals surface area contributed by atoms with Crippen molar-refractivity contribution in [3.63, 3.8) is 0 Å². The van der Waals surface area contributed by atoms with Crippen molar-refractivity contribution in [1.82, 2.24) is 0 Å². The summed E-state index contributed by atoms with van der Waals surface area (Å²) in [6.45, 7) is 6.73. The van der Waals surface area contributed by atoms with Crippen molar-refractivity contribution >= 4 is 5.97 Å². The molecule has 0 bridgehead atoms. The second-order valence-electron chi connectivity index (χ2n) is 1.79. The van der Waals surface area contributed by atoms with Crippen LogP contribution in [0, 0.1) is 0 Å². The van der Waals surface area contributed by atoms with E-state index in [1.165, 1.54) is 6.92 Å². The number of aliphatic hydroxyl groups is 1. The van der Waals surface area contributed by atoms with E-state index in [1.807, 2.05) is 6.92 Å². The molecule has 0 saturated heterocycles. The molecule has 4 heteroatoms. The molecule has 0 spiro atoms. The van der Waals surface area contributed by atoms with Gasteiger partial charge in [0.15, 0.2) is 0 Å². The third kappa shape index (κ3) is 25.9. The molecule has 0 aliphatic carbocycles. The SMILES string of the molecule is C=C(C)C(=O)[O-].CCCO.[Li+]. The quantitative estimate of drug-likeness (QED) is 0.333. The van der Waals surface area contributed by atoms with Gasteiger partial charge in [0.1, 0.15) is 0 Å². The molecule has 60 valence electrons. The molecule has 0 aromatic rings. The summed E-state index contributed by atoms with van der Waals surface area (Å²) in [5.74, 6) is -1.19. The van der Waals surface area contributed by atoms with Crippen molar-refractivity contribution < 1.29 is 33.9 Å². The first kappa shape index (κ1) is 17.0. The minimum atomic E-state index is -1.19. The zero-order valence-corrected chi connectivity index (χ0v) is 7.39. The van der Waals surface area contributed by atoms with Crippen molar-refractivity contribution in [3.8, 4) is 0 Å². The first-order valence-corrected chi connectivity index (χ1v) is 3.04. The van der Waals surface area contributed by atoms with E-state index in [0.717, 1.165) is 6.42 Å². The van der Waals surface area contributed by atoms with Crippen LogP contribution in [0.3, 0.4) is 0 Å². The summed E-state index contributed by atoms with van der Waals surface area (Å²) in [6.07, 6.45) is 0.875. The number of carbonyl (C=O) groups is 1. The Morgan fingerprint density at radius 1 is 1.64 bits per heavy atom. The predicted octanol–water partition coefficient (Wildman–Crippen LogP) is -3.29. The van der Waals surface area contributed by atoms with Crippen LogP contribution in [0.15, 0.2) is 12.2 Å². The van der Waals surface area contributed by atoms with Crippen molar-refractivity contribution in [2.75, 3.05) is 6.61 Å². The van der Waals surface area contributed by atoms with Gasteiger partial charge < -0.3 is 15.0 Å². The Bertz CT molecular complexity index is 98.3. The van der Waals surface area contributed by atoms with Gasteiger partial charge in [-0.15, -0.1) is 0 Å². The molecule has 0 rings (SSSR count). The number of rotatable bonds is 2. The predicted molar refractivity (Wildman–Crippen MR) is 37.2 cm³/mol. The molecule has 0 aliphatic heterocycles. The molecule has 0 aromatic carbocycles. The van der Waals surface area contributed by atoms with Crippen LogP contribution in [0.4, 0.5) is 0 Å². The molecule has 3 nitrogen and oxygen atoms in total. The second-order valence-corrected chi connectivity index (χ2v) is 1.79. The Kier molecular flexibility index (Phi) is 19.3. The number of hydrogen-bond donors (Lipinski definition) is 1. The Labute approximate surface area is 79.3 Å². The second kappa shape index (κ2) is 12.4. The fraction of sp³-hybridized carbons (Fsp3) is 0.571. The Morgan fingerprint density at radius 2 is 1.82 bits per heavy atom. The van der Waals surface area contributed by atoms with Crippen LogP contribution in [0.25, 0.3) is 0 Å². The summed E-state index contributed by atoms with van der Waals surface area (Å²) in [5, 5.41) is 17.4. The van der Waals surface area contributed by atoms with Crippen LogP contribution in [0.1, 0.15) is 20.3 Å². The first-order chi connectivity index (χ1) is 4.56. The number of aliphatic hydroxyl groups excluding tert-OH is 1. The molecule has 1 N–H and O–H groups in total. The van der Waals surface area contributed by atoms with Gasteiger partial charge >= 0.3 is 18.9 Å². The minimum absolute atomic E-state index is 0. The smallest absolute Gasteiger partial charge is 0.545 e. The maximum absolute atomic E-state index is 9.49. The average Bonchev–Trinajstić information content (AvgIpc) is 1.89. The number of carboxylic acid groups (broad SMARTS) is 1. The maximum atomic E-state index is 9.49. The van der Waals surface area contributed by atoms with Crippen LogP contribution in [0.5, 0.6) is 0 Å². The molecule has 0 radical (unpaired) electrons. The molecule has 0 heterocycles. The van der Waals surface area contributed by atoms with Gasteiger partial charge in [0.05, 0.1) is 5.97 Å². The molecular weight excluding hydrogens is 139 g/mol. The number of carbonyl (C=O) groups excluding carboxylic acids is 1. The zero-order chi connectivity index (χ0) is 8.57. The van der Waals surface area contributed by atoms with Crippen LogP contribution in [-0.2, 0) is 4.79 Å². The van der Waals surface area contributed by atoms with E-state index in [1.54, 1.807) is 0 Å². The maximum Gasteiger partial charge on any atom is 1.00 e. The third-order valence-electron chi connectivity index (χ3n) is 0.572. The normalized spacial score (nSPS) is 6.82. The average molecular weight is 152 g/mol. The summed E-state index contributed by atoms with van der Waals surface area (Å²) in [5.41, 5.74) is 0.0648. The molecular formula is C7H13LiO3. The van der Waals surface area contributed by atoms with Gasteiger partial charge in [-0.25, -0.2) is 0 Å². The van der Waals surface area contributed by atoms with E-state index in [4.69, 9.17) is 5.11 Å². The van der Waals surface area contributed by atoms with Crippen LogP contribution >= 0.6 is 0 Å². The zero-order valence-electron chi connectivity index (χ0n) is 7.39. The van der Waals surface area contributed by atoms with E-state index in [9.17, 15) is 9.90 Å². The molecule has 0 aromatic heterocycles. The fourth-order valence-electron chi connectivity index (χ4n) is 0. The van der Waals surface area contributed by atoms with E-state index in [0.29, 0.717) is 6.61 Å². The standard InChI is InChI=1S/C4H6O2.C3H8O.Li/c1-3(2)4(5)6;1-2-3-4;/h1H2,2H3,(H,5,6);4H,2-3H2,1H3;/q;;+1/p-1. The number of aliphatic carboxylic acids is 1. The van der Waals surface area contributed by atoms with E-state index >= 15 is 0 Å². The van der Waals surface area contributed by atoms with Gasteiger partial charge in [-0.3, -0.25) is 0 Å². The molecule has 0 saturated carbocycles. The van der Waals surface area contributed by atoms with Crippen molar-refractivity contribution in [3.05, 3.63) is 12.2 Å². The largest absolute Gasteiger partial charge is 1.00 e. The number of carboxylic acids is 1. The molecule has 11 heavy (non-hydrogen) atoms. The van der Waals surface area contributed by atoms with Crippen LogP contribution < -0.4 is 24.0 Å². The molecule has 0 amide bonds. The molecule has 0 atom stereocenters. The van der Waals surface area contributed by atoms with Gasteiger partial charge in [0, 0.05) is 6.61 Å². The van der Waals surface area contributed by atoms with Gasteiger partial charge in [-0.05, 0) is 18.9 Å². The van der Waals surface area contributed by atoms with Crippen molar-refractivity contribution in [2.24, 2.45) is 0 Å². The molecule has 0 unspecified atom stereocenters. The Balaban J connectivity index is -0.000000114. The molecule has 0 fully saturated rings. The van der Waals surface area contributed by atoms with Gasteiger partial charge in [-0.2, -0.15) is 0 Å². The summed E-state index contributed by atoms with van der Waals surface area (Å²) in [7, 11) is 0.